The summed E-state index contributed by atoms with van der Waals surface area (Å²) < 4.78 is 0. The van der Waals surface area contributed by atoms with E-state index in [1.165, 1.54) is 22.4 Å². The van der Waals surface area contributed by atoms with Gasteiger partial charge in [0.1, 0.15) is 0 Å². The zero-order chi connectivity index (χ0) is 10.0. The fourth-order valence-electron chi connectivity index (χ4n) is 1.89. The molecule has 0 N–H and O–H groups in total. The topological polar surface area (TPSA) is 12.9 Å². The van der Waals surface area contributed by atoms with Crippen molar-refractivity contribution in [2.75, 3.05) is 0 Å². The third kappa shape index (κ3) is 1.90. The molecule has 0 aliphatic carbocycles. The number of nitrogens with zero attached hydrogens (tertiary/aromatic N) is 1. The molecule has 0 saturated carbocycles. The molecule has 1 aromatic heterocycles. The number of hydrogen-bond donors (Lipinski definition) is 0. The minimum atomic E-state index is 0.582. The van der Waals surface area contributed by atoms with Crippen LogP contribution in [-0.2, 0) is 6.42 Å². The van der Waals surface area contributed by atoms with Crippen molar-refractivity contribution in [3.8, 4) is 0 Å². The maximum atomic E-state index is 4.43. The van der Waals surface area contributed by atoms with Crippen molar-refractivity contribution in [3.05, 3.63) is 28.6 Å². The van der Waals surface area contributed by atoms with Gasteiger partial charge in [0.05, 0.1) is 0 Å². The summed E-state index contributed by atoms with van der Waals surface area (Å²) in [4.78, 5) is 4.43. The average molecular weight is 177 g/mol. The predicted octanol–water partition coefficient (Wildman–Crippen LogP) is 3.38. The highest BCUT2D eigenvalue weighted by molar-refractivity contribution is 5.36. The molecule has 1 rings (SSSR count). The number of aromatic nitrogens is 1. The highest BCUT2D eigenvalue weighted by Gasteiger charge is 2.09. The van der Waals surface area contributed by atoms with Gasteiger partial charge in [0, 0.05) is 11.9 Å². The van der Waals surface area contributed by atoms with Gasteiger partial charge in [-0.2, -0.15) is 0 Å². The fraction of sp³-hybridized carbons (Fsp3) is 0.583. The van der Waals surface area contributed by atoms with Gasteiger partial charge in [0.2, 0.25) is 0 Å². The molecular formula is C12H19N. The number of hydrogen-bond acceptors (Lipinski definition) is 1. The van der Waals surface area contributed by atoms with Crippen LogP contribution < -0.4 is 0 Å². The minimum absolute atomic E-state index is 0.582. The van der Waals surface area contributed by atoms with Crippen molar-refractivity contribution < 1.29 is 0 Å². The molecule has 0 radical (unpaired) electrons. The molecule has 0 spiro atoms. The first-order valence-electron chi connectivity index (χ1n) is 5.02. The summed E-state index contributed by atoms with van der Waals surface area (Å²) >= 11 is 0. The molecular weight excluding hydrogens is 158 g/mol. The van der Waals surface area contributed by atoms with Crippen LogP contribution in [0.4, 0.5) is 0 Å². The van der Waals surface area contributed by atoms with E-state index in [9.17, 15) is 0 Å². The molecule has 0 aliphatic heterocycles. The van der Waals surface area contributed by atoms with Gasteiger partial charge in [-0.1, -0.05) is 20.8 Å². The summed E-state index contributed by atoms with van der Waals surface area (Å²) in [6.45, 7) is 10.9. The second-order valence-corrected chi connectivity index (χ2v) is 3.91. The second kappa shape index (κ2) is 3.91. The number of rotatable bonds is 2. The molecule has 13 heavy (non-hydrogen) atoms. The Morgan fingerprint density at radius 1 is 1.31 bits per heavy atom. The zero-order valence-electron chi connectivity index (χ0n) is 9.31. The summed E-state index contributed by atoms with van der Waals surface area (Å²) in [5, 5.41) is 0. The first-order valence-corrected chi connectivity index (χ1v) is 5.02. The Bertz CT molecular complexity index is 300. The molecule has 0 aliphatic rings. The van der Waals surface area contributed by atoms with E-state index in [2.05, 4.69) is 39.6 Å². The molecule has 0 unspecified atom stereocenters. The SMILES string of the molecule is CCc1c(C)ncc(C(C)C)c1C. The van der Waals surface area contributed by atoms with Gasteiger partial charge < -0.3 is 0 Å². The van der Waals surface area contributed by atoms with Crippen LogP contribution in [-0.4, -0.2) is 4.98 Å². The van der Waals surface area contributed by atoms with Crippen molar-refractivity contribution in [3.63, 3.8) is 0 Å². The average Bonchev–Trinajstić information content (AvgIpc) is 2.04. The lowest BCUT2D eigenvalue weighted by Gasteiger charge is -2.14. The zero-order valence-corrected chi connectivity index (χ0v) is 9.31. The lowest BCUT2D eigenvalue weighted by molar-refractivity contribution is 0.833. The standard InChI is InChI=1S/C12H19N/c1-6-11-9(4)12(8(2)3)7-13-10(11)5/h7-8H,6H2,1-5H3. The predicted molar refractivity (Wildman–Crippen MR) is 57.2 cm³/mol. The van der Waals surface area contributed by atoms with Crippen LogP contribution in [0, 0.1) is 13.8 Å². The number of pyridine rings is 1. The Hall–Kier alpha value is -0.850. The van der Waals surface area contributed by atoms with Crippen molar-refractivity contribution >= 4 is 0 Å². The van der Waals surface area contributed by atoms with E-state index in [1.807, 2.05) is 6.20 Å². The largest absolute Gasteiger partial charge is 0.261 e. The van der Waals surface area contributed by atoms with E-state index in [-0.39, 0.29) is 0 Å². The van der Waals surface area contributed by atoms with E-state index in [4.69, 9.17) is 0 Å². The van der Waals surface area contributed by atoms with Crippen molar-refractivity contribution in [1.82, 2.24) is 4.98 Å². The maximum absolute atomic E-state index is 4.43. The molecule has 0 atom stereocenters. The molecule has 1 heteroatoms. The Morgan fingerprint density at radius 3 is 2.38 bits per heavy atom. The smallest absolute Gasteiger partial charge is 0.0407 e. The van der Waals surface area contributed by atoms with Gasteiger partial charge in [0.25, 0.3) is 0 Å². The fourth-order valence-corrected chi connectivity index (χ4v) is 1.89. The van der Waals surface area contributed by atoms with Gasteiger partial charge >= 0.3 is 0 Å². The Labute approximate surface area is 81.2 Å². The van der Waals surface area contributed by atoms with Crippen LogP contribution in [0.1, 0.15) is 49.1 Å². The van der Waals surface area contributed by atoms with Crippen molar-refractivity contribution in [2.45, 2.75) is 47.0 Å². The van der Waals surface area contributed by atoms with E-state index in [0.29, 0.717) is 5.92 Å². The third-order valence-electron chi connectivity index (χ3n) is 2.70. The second-order valence-electron chi connectivity index (χ2n) is 3.91. The Kier molecular flexibility index (Phi) is 3.07. The van der Waals surface area contributed by atoms with E-state index < -0.39 is 0 Å². The van der Waals surface area contributed by atoms with Crippen LogP contribution in [0.3, 0.4) is 0 Å². The van der Waals surface area contributed by atoms with E-state index in [1.54, 1.807) is 0 Å². The highest BCUT2D eigenvalue weighted by atomic mass is 14.7. The van der Waals surface area contributed by atoms with E-state index in [0.717, 1.165) is 6.42 Å². The first kappa shape index (κ1) is 10.2. The lowest BCUT2D eigenvalue weighted by Crippen LogP contribution is -2.01. The van der Waals surface area contributed by atoms with Crippen molar-refractivity contribution in [1.29, 1.82) is 0 Å². The summed E-state index contributed by atoms with van der Waals surface area (Å²) in [6.07, 6.45) is 3.11. The van der Waals surface area contributed by atoms with Crippen LogP contribution in [0.2, 0.25) is 0 Å². The molecule has 0 bridgehead atoms. The quantitative estimate of drug-likeness (QED) is 0.674. The van der Waals surface area contributed by atoms with Gasteiger partial charge in [-0.05, 0) is 42.9 Å². The summed E-state index contributed by atoms with van der Waals surface area (Å²) in [5.41, 5.74) is 5.43. The molecule has 1 aromatic rings. The molecule has 0 amide bonds. The maximum Gasteiger partial charge on any atom is 0.0407 e. The third-order valence-corrected chi connectivity index (χ3v) is 2.70. The van der Waals surface area contributed by atoms with Gasteiger partial charge in [-0.15, -0.1) is 0 Å². The van der Waals surface area contributed by atoms with Crippen LogP contribution in [0.15, 0.2) is 6.20 Å². The molecule has 72 valence electrons. The molecule has 0 saturated heterocycles. The Morgan fingerprint density at radius 2 is 1.92 bits per heavy atom. The first-order chi connectivity index (χ1) is 6.07. The molecule has 0 fully saturated rings. The number of aryl methyl sites for hydroxylation is 1. The summed E-state index contributed by atoms with van der Waals surface area (Å²) in [5.74, 6) is 0.582. The molecule has 1 heterocycles. The van der Waals surface area contributed by atoms with Crippen molar-refractivity contribution in [2.24, 2.45) is 0 Å². The summed E-state index contributed by atoms with van der Waals surface area (Å²) in [6, 6.07) is 0. The molecule has 0 aromatic carbocycles. The van der Waals surface area contributed by atoms with Gasteiger partial charge in [-0.25, -0.2) is 0 Å². The van der Waals surface area contributed by atoms with Gasteiger partial charge in [0.15, 0.2) is 0 Å². The normalized spacial score (nSPS) is 10.9. The van der Waals surface area contributed by atoms with E-state index >= 15 is 0 Å². The van der Waals surface area contributed by atoms with Crippen LogP contribution >= 0.6 is 0 Å². The Balaban J connectivity index is 3.27. The highest BCUT2D eigenvalue weighted by Crippen LogP contribution is 2.22. The van der Waals surface area contributed by atoms with Gasteiger partial charge in [-0.3, -0.25) is 4.98 Å². The molecule has 1 nitrogen and oxygen atoms in total. The van der Waals surface area contributed by atoms with Crippen LogP contribution in [0.5, 0.6) is 0 Å². The lowest BCUT2D eigenvalue weighted by atomic mass is 9.94. The monoisotopic (exact) mass is 177 g/mol. The summed E-state index contributed by atoms with van der Waals surface area (Å²) in [7, 11) is 0. The van der Waals surface area contributed by atoms with Crippen LogP contribution in [0.25, 0.3) is 0 Å². The minimum Gasteiger partial charge on any atom is -0.261 e.